The molecule has 3 saturated heterocycles. The minimum atomic E-state index is -4.41. The van der Waals surface area contributed by atoms with Gasteiger partial charge in [0, 0.05) is 56.6 Å². The van der Waals surface area contributed by atoms with Gasteiger partial charge in [-0.25, -0.2) is 4.98 Å². The lowest BCUT2D eigenvalue weighted by Crippen LogP contribution is -2.51. The number of amides is 1. The predicted molar refractivity (Wildman–Crippen MR) is 146 cm³/mol. The molecular formula is C29H39F3N6O. The average molecular weight is 545 g/mol. The second kappa shape index (κ2) is 12.5. The molecule has 0 aliphatic carbocycles. The van der Waals surface area contributed by atoms with Crippen molar-refractivity contribution in [3.8, 4) is 0 Å². The summed E-state index contributed by atoms with van der Waals surface area (Å²) in [5.41, 5.74) is -0.430. The molecule has 39 heavy (non-hydrogen) atoms. The van der Waals surface area contributed by atoms with Gasteiger partial charge in [0.05, 0.1) is 5.56 Å². The number of benzene rings is 1. The van der Waals surface area contributed by atoms with E-state index < -0.39 is 11.7 Å². The lowest BCUT2D eigenvalue weighted by Gasteiger charge is -2.40. The van der Waals surface area contributed by atoms with Crippen LogP contribution in [-0.2, 0) is 6.18 Å². The number of hydrogen-bond donors (Lipinski definition) is 1. The molecule has 4 heterocycles. The van der Waals surface area contributed by atoms with Crippen LogP contribution in [0.2, 0.25) is 0 Å². The van der Waals surface area contributed by atoms with E-state index in [-0.39, 0.29) is 18.0 Å². The summed E-state index contributed by atoms with van der Waals surface area (Å²) in [6.45, 7) is 5.12. The van der Waals surface area contributed by atoms with Crippen molar-refractivity contribution in [2.75, 3.05) is 49.5 Å². The second-order valence-corrected chi connectivity index (χ2v) is 11.1. The largest absolute Gasteiger partial charge is 0.416 e. The maximum Gasteiger partial charge on any atom is 0.416 e. The summed E-state index contributed by atoms with van der Waals surface area (Å²) in [5.74, 6) is 1.47. The van der Waals surface area contributed by atoms with Crippen LogP contribution >= 0.6 is 0 Å². The smallest absolute Gasteiger partial charge is 0.356 e. The van der Waals surface area contributed by atoms with Crippen LogP contribution in [0.4, 0.5) is 24.9 Å². The fraction of sp³-hybridized carbons (Fsp3) is 0.621. The van der Waals surface area contributed by atoms with E-state index in [0.29, 0.717) is 24.6 Å². The van der Waals surface area contributed by atoms with Gasteiger partial charge < -0.3 is 15.1 Å². The third-order valence-corrected chi connectivity index (χ3v) is 8.27. The first kappa shape index (κ1) is 27.7. The molecule has 2 atom stereocenters. The van der Waals surface area contributed by atoms with Gasteiger partial charge in [-0.1, -0.05) is 19.3 Å². The quantitative estimate of drug-likeness (QED) is 0.540. The minimum Gasteiger partial charge on any atom is -0.356 e. The molecule has 1 aromatic carbocycles. The first-order valence-corrected chi connectivity index (χ1v) is 14.4. The van der Waals surface area contributed by atoms with Crippen molar-refractivity contribution in [3.63, 3.8) is 0 Å². The van der Waals surface area contributed by atoms with Crippen molar-refractivity contribution in [1.29, 1.82) is 0 Å². The van der Waals surface area contributed by atoms with Crippen LogP contribution in [0, 0.1) is 0 Å². The number of hydrogen-bond acceptors (Lipinski definition) is 6. The molecule has 0 saturated carbocycles. The minimum absolute atomic E-state index is 0.198. The van der Waals surface area contributed by atoms with Crippen LogP contribution < -0.4 is 10.2 Å². The van der Waals surface area contributed by atoms with Gasteiger partial charge in [-0.05, 0) is 75.4 Å². The summed E-state index contributed by atoms with van der Waals surface area (Å²) in [6, 6.07) is 7.01. The Bertz CT molecular complexity index is 1090. The Morgan fingerprint density at radius 1 is 0.846 bits per heavy atom. The third-order valence-electron chi connectivity index (χ3n) is 8.27. The molecule has 1 aromatic heterocycles. The molecule has 0 bridgehead atoms. The molecule has 3 fully saturated rings. The van der Waals surface area contributed by atoms with E-state index in [1.807, 2.05) is 12.3 Å². The number of piperidine rings is 1. The van der Waals surface area contributed by atoms with Gasteiger partial charge in [-0.2, -0.15) is 18.2 Å². The van der Waals surface area contributed by atoms with Crippen LogP contribution in [0.15, 0.2) is 36.5 Å². The maximum atomic E-state index is 13.1. The normalized spacial score (nSPS) is 23.7. The third kappa shape index (κ3) is 7.21. The molecule has 0 radical (unpaired) electrons. The number of carbonyl (C=O) groups is 1. The zero-order valence-electron chi connectivity index (χ0n) is 22.5. The number of nitrogens with one attached hydrogen (secondary N) is 1. The molecule has 2 aromatic rings. The predicted octanol–water partition coefficient (Wildman–Crippen LogP) is 5.45. The van der Waals surface area contributed by atoms with Crippen molar-refractivity contribution in [3.05, 3.63) is 47.7 Å². The lowest BCUT2D eigenvalue weighted by molar-refractivity contribution is -0.137. The summed E-state index contributed by atoms with van der Waals surface area (Å²) in [6.07, 6.45) is 7.51. The highest BCUT2D eigenvalue weighted by Gasteiger charge is 2.33. The maximum absolute atomic E-state index is 13.1. The molecule has 7 nitrogen and oxygen atoms in total. The number of aromatic nitrogens is 2. The highest BCUT2D eigenvalue weighted by atomic mass is 19.4. The Hall–Kier alpha value is -2.88. The highest BCUT2D eigenvalue weighted by Crippen LogP contribution is 2.30. The van der Waals surface area contributed by atoms with Crippen molar-refractivity contribution in [2.24, 2.45) is 0 Å². The van der Waals surface area contributed by atoms with E-state index in [0.717, 1.165) is 76.2 Å². The first-order valence-electron chi connectivity index (χ1n) is 14.4. The Kier molecular flexibility index (Phi) is 8.89. The molecule has 212 valence electrons. The molecular weight excluding hydrogens is 505 g/mol. The molecule has 2 unspecified atom stereocenters. The average Bonchev–Trinajstić information content (AvgIpc) is 3.36. The summed E-state index contributed by atoms with van der Waals surface area (Å²) in [7, 11) is 0. The molecule has 3 aliphatic heterocycles. The molecule has 1 N–H and O–H groups in total. The number of alkyl halides is 3. The van der Waals surface area contributed by atoms with Crippen molar-refractivity contribution in [2.45, 2.75) is 76.0 Å². The van der Waals surface area contributed by atoms with Crippen LogP contribution in [0.1, 0.15) is 73.7 Å². The number of rotatable bonds is 5. The van der Waals surface area contributed by atoms with Crippen molar-refractivity contribution < 1.29 is 18.0 Å². The van der Waals surface area contributed by atoms with Crippen molar-refractivity contribution >= 4 is 17.7 Å². The van der Waals surface area contributed by atoms with Crippen LogP contribution in [0.25, 0.3) is 0 Å². The molecule has 3 aliphatic rings. The zero-order valence-corrected chi connectivity index (χ0v) is 22.5. The summed E-state index contributed by atoms with van der Waals surface area (Å²) in [5, 5.41) is 3.60. The first-order chi connectivity index (χ1) is 18.9. The van der Waals surface area contributed by atoms with Gasteiger partial charge in [0.1, 0.15) is 5.82 Å². The monoisotopic (exact) mass is 544 g/mol. The number of likely N-dealkylation sites (tertiary alicyclic amines) is 2. The summed E-state index contributed by atoms with van der Waals surface area (Å²) in [4.78, 5) is 29.2. The number of nitrogens with zero attached hydrogens (tertiary/aromatic N) is 5. The van der Waals surface area contributed by atoms with Gasteiger partial charge in [0.25, 0.3) is 5.91 Å². The van der Waals surface area contributed by atoms with Gasteiger partial charge >= 0.3 is 6.18 Å². The van der Waals surface area contributed by atoms with Crippen molar-refractivity contribution in [1.82, 2.24) is 19.8 Å². The van der Waals surface area contributed by atoms with E-state index in [2.05, 4.69) is 20.1 Å². The Morgan fingerprint density at radius 2 is 1.59 bits per heavy atom. The van der Waals surface area contributed by atoms with E-state index in [4.69, 9.17) is 4.98 Å². The highest BCUT2D eigenvalue weighted by molar-refractivity contribution is 5.94. The topological polar surface area (TPSA) is 64.6 Å². The number of carbonyl (C=O) groups excluding carboxylic acids is 1. The van der Waals surface area contributed by atoms with Gasteiger partial charge in [-0.3, -0.25) is 9.69 Å². The number of anilines is 2. The molecule has 0 spiro atoms. The summed E-state index contributed by atoms with van der Waals surface area (Å²) >= 11 is 0. The van der Waals surface area contributed by atoms with Crippen LogP contribution in [0.5, 0.6) is 0 Å². The Morgan fingerprint density at radius 3 is 2.33 bits per heavy atom. The lowest BCUT2D eigenvalue weighted by atomic mass is 10.0. The molecule has 1 amide bonds. The van der Waals surface area contributed by atoms with Crippen LogP contribution in [-0.4, -0.2) is 77.0 Å². The number of halogens is 3. The molecule has 5 rings (SSSR count). The van der Waals surface area contributed by atoms with E-state index in [1.54, 1.807) is 4.90 Å². The van der Waals surface area contributed by atoms with Gasteiger partial charge in [-0.15, -0.1) is 0 Å². The van der Waals surface area contributed by atoms with E-state index >= 15 is 0 Å². The van der Waals surface area contributed by atoms with Gasteiger partial charge in [0.15, 0.2) is 0 Å². The second-order valence-electron chi connectivity index (χ2n) is 11.1. The fourth-order valence-corrected chi connectivity index (χ4v) is 6.12. The van der Waals surface area contributed by atoms with Gasteiger partial charge in [0.2, 0.25) is 5.95 Å². The SMILES string of the molecule is O=C(c1ccc(C(F)(F)F)cc1)N1CCCC(N2CCCCC(Nc3nccc(N4CCCCCC4)n3)C2)C1. The van der Waals surface area contributed by atoms with E-state index in [9.17, 15) is 18.0 Å². The zero-order chi connectivity index (χ0) is 27.2. The fourth-order valence-electron chi connectivity index (χ4n) is 6.12. The molecule has 10 heteroatoms. The Balaban J connectivity index is 1.21. The standard InChI is InChI=1S/C29H39F3N6O/c30-29(31,32)23-12-10-22(11-13-23)27(39)38-19-7-9-25(21-38)37-18-6-3-8-24(20-37)34-28-33-15-14-26(35-28)36-16-4-1-2-5-17-36/h10-15,24-25H,1-9,16-21H2,(H,33,34,35). The Labute approximate surface area is 228 Å². The summed E-state index contributed by atoms with van der Waals surface area (Å²) < 4.78 is 38.8. The van der Waals surface area contributed by atoms with E-state index in [1.165, 1.54) is 37.8 Å². The van der Waals surface area contributed by atoms with Crippen LogP contribution in [0.3, 0.4) is 0 Å².